The number of hydrogen-bond acceptors (Lipinski definition) is 5. The highest BCUT2D eigenvalue weighted by atomic mass is 16.5. The second kappa shape index (κ2) is 7.08. The monoisotopic (exact) mass is 346 g/mol. The van der Waals surface area contributed by atoms with Crippen molar-refractivity contribution in [2.45, 2.75) is 45.6 Å². The topological polar surface area (TPSA) is 96.8 Å². The van der Waals surface area contributed by atoms with Crippen LogP contribution in [0.2, 0.25) is 0 Å². The molecule has 0 aliphatic carbocycles. The number of rotatable bonds is 4. The number of fused-ring (bicyclic) bond motifs is 1. The summed E-state index contributed by atoms with van der Waals surface area (Å²) in [5.41, 5.74) is 0.840. The van der Waals surface area contributed by atoms with E-state index < -0.39 is 5.56 Å². The Morgan fingerprint density at radius 2 is 2.20 bits per heavy atom. The summed E-state index contributed by atoms with van der Waals surface area (Å²) in [6, 6.07) is 1.49. The van der Waals surface area contributed by atoms with Crippen molar-refractivity contribution in [1.29, 1.82) is 0 Å². The van der Waals surface area contributed by atoms with E-state index in [1.54, 1.807) is 17.9 Å². The van der Waals surface area contributed by atoms with Gasteiger partial charge < -0.3 is 9.64 Å². The fourth-order valence-corrected chi connectivity index (χ4v) is 3.27. The standard InChI is InChI=1S/C17H22N4O4/c1-3-25-15(22)9-12-6-4-5-7-20(12)16(23)13-10-18-14-8-11(2)19-21(14)17(13)24/h8,10,12,19H,3-7,9H2,1-2H3/t12-/m1/s1. The third-order valence-corrected chi connectivity index (χ3v) is 4.45. The molecule has 8 nitrogen and oxygen atoms in total. The molecule has 1 atom stereocenters. The molecule has 8 heteroatoms. The minimum absolute atomic E-state index is 0.00936. The summed E-state index contributed by atoms with van der Waals surface area (Å²) in [7, 11) is 0. The Balaban J connectivity index is 1.88. The third-order valence-electron chi connectivity index (χ3n) is 4.45. The maximum Gasteiger partial charge on any atom is 0.307 e. The lowest BCUT2D eigenvalue weighted by Gasteiger charge is -2.35. The van der Waals surface area contributed by atoms with Crippen molar-refractivity contribution in [3.8, 4) is 0 Å². The molecule has 1 N–H and O–H groups in total. The predicted octanol–water partition coefficient (Wildman–Crippen LogP) is 1.28. The van der Waals surface area contributed by atoms with E-state index in [4.69, 9.17) is 4.74 Å². The van der Waals surface area contributed by atoms with Gasteiger partial charge in [0.1, 0.15) is 5.56 Å². The van der Waals surface area contributed by atoms with Crippen molar-refractivity contribution in [2.75, 3.05) is 13.2 Å². The van der Waals surface area contributed by atoms with Gasteiger partial charge in [0.05, 0.1) is 13.0 Å². The molecule has 2 aromatic heterocycles. The first-order valence-corrected chi connectivity index (χ1v) is 8.55. The minimum Gasteiger partial charge on any atom is -0.466 e. The maximum atomic E-state index is 12.9. The van der Waals surface area contributed by atoms with E-state index >= 15 is 0 Å². The average Bonchev–Trinajstić information content (AvgIpc) is 2.97. The number of nitrogens with zero attached hydrogens (tertiary/aromatic N) is 3. The molecule has 1 fully saturated rings. The SMILES string of the molecule is CCOC(=O)C[C@H]1CCCCN1C(=O)c1cnc2cc(C)[nH]n2c1=O. The summed E-state index contributed by atoms with van der Waals surface area (Å²) in [5, 5.41) is 2.88. The Morgan fingerprint density at radius 1 is 1.40 bits per heavy atom. The zero-order chi connectivity index (χ0) is 18.0. The van der Waals surface area contributed by atoms with Gasteiger partial charge in [-0.15, -0.1) is 0 Å². The molecule has 2 aromatic rings. The number of esters is 1. The molecule has 0 spiro atoms. The second-order valence-corrected chi connectivity index (χ2v) is 6.27. The highest BCUT2D eigenvalue weighted by molar-refractivity contribution is 5.94. The Kier molecular flexibility index (Phi) is 4.87. The van der Waals surface area contributed by atoms with Gasteiger partial charge in [0.2, 0.25) is 0 Å². The number of carbonyl (C=O) groups is 2. The van der Waals surface area contributed by atoms with Crippen LogP contribution < -0.4 is 5.56 Å². The highest BCUT2D eigenvalue weighted by Crippen LogP contribution is 2.21. The first kappa shape index (κ1) is 17.2. The zero-order valence-electron chi connectivity index (χ0n) is 14.4. The minimum atomic E-state index is -0.427. The first-order chi connectivity index (χ1) is 12.0. The molecule has 0 unspecified atom stereocenters. The molecule has 1 aliphatic heterocycles. The van der Waals surface area contributed by atoms with Crippen LogP contribution in [0.1, 0.15) is 48.7 Å². The molecule has 134 valence electrons. The fourth-order valence-electron chi connectivity index (χ4n) is 3.27. The lowest BCUT2D eigenvalue weighted by molar-refractivity contribution is -0.144. The molecule has 0 saturated carbocycles. The van der Waals surface area contributed by atoms with Crippen LogP contribution in [0.3, 0.4) is 0 Å². The first-order valence-electron chi connectivity index (χ1n) is 8.55. The molecule has 0 radical (unpaired) electrons. The van der Waals surface area contributed by atoms with Crippen LogP contribution in [0.5, 0.6) is 0 Å². The third kappa shape index (κ3) is 3.42. The van der Waals surface area contributed by atoms with Crippen LogP contribution >= 0.6 is 0 Å². The van der Waals surface area contributed by atoms with Gasteiger partial charge in [-0.25, -0.2) is 9.50 Å². The number of nitrogens with one attached hydrogen (secondary N) is 1. The number of aryl methyl sites for hydroxylation is 1. The van der Waals surface area contributed by atoms with E-state index in [1.807, 2.05) is 6.92 Å². The molecular formula is C17H22N4O4. The van der Waals surface area contributed by atoms with E-state index in [0.29, 0.717) is 18.8 Å². The Morgan fingerprint density at radius 3 is 2.96 bits per heavy atom. The second-order valence-electron chi connectivity index (χ2n) is 6.27. The van der Waals surface area contributed by atoms with Gasteiger partial charge in [-0.3, -0.25) is 19.5 Å². The van der Waals surface area contributed by atoms with Crippen molar-refractivity contribution in [3.05, 3.63) is 33.9 Å². The quantitative estimate of drug-likeness (QED) is 0.841. The number of aromatic nitrogens is 3. The van der Waals surface area contributed by atoms with E-state index in [2.05, 4.69) is 10.1 Å². The molecule has 0 aromatic carbocycles. The van der Waals surface area contributed by atoms with Gasteiger partial charge in [-0.2, -0.15) is 0 Å². The van der Waals surface area contributed by atoms with Gasteiger partial charge in [-0.1, -0.05) is 0 Å². The van der Waals surface area contributed by atoms with Crippen molar-refractivity contribution >= 4 is 17.5 Å². The number of amides is 1. The molecule has 1 amide bonds. The molecule has 3 rings (SSSR count). The number of hydrogen-bond donors (Lipinski definition) is 1. The predicted molar refractivity (Wildman–Crippen MR) is 90.5 cm³/mol. The average molecular weight is 346 g/mol. The van der Waals surface area contributed by atoms with Crippen molar-refractivity contribution in [3.63, 3.8) is 0 Å². The van der Waals surface area contributed by atoms with Crippen molar-refractivity contribution < 1.29 is 14.3 Å². The largest absolute Gasteiger partial charge is 0.466 e. The number of piperidine rings is 1. The van der Waals surface area contributed by atoms with Crippen molar-refractivity contribution in [2.24, 2.45) is 0 Å². The van der Waals surface area contributed by atoms with Crippen LogP contribution in [-0.4, -0.2) is 50.6 Å². The molecule has 0 bridgehead atoms. The summed E-state index contributed by atoms with van der Waals surface area (Å²) >= 11 is 0. The number of carbonyl (C=O) groups excluding carboxylic acids is 2. The number of aromatic amines is 1. The van der Waals surface area contributed by atoms with Crippen LogP contribution in [0.25, 0.3) is 5.65 Å². The normalized spacial score (nSPS) is 17.7. The van der Waals surface area contributed by atoms with Crippen LogP contribution in [-0.2, 0) is 9.53 Å². The maximum absolute atomic E-state index is 12.9. The van der Waals surface area contributed by atoms with Gasteiger partial charge >= 0.3 is 5.97 Å². The lowest BCUT2D eigenvalue weighted by Crippen LogP contribution is -2.46. The van der Waals surface area contributed by atoms with E-state index in [1.165, 1.54) is 10.7 Å². The van der Waals surface area contributed by atoms with Gasteiger partial charge in [-0.05, 0) is 33.1 Å². The van der Waals surface area contributed by atoms with Crippen LogP contribution in [0, 0.1) is 6.92 Å². The van der Waals surface area contributed by atoms with E-state index in [-0.39, 0.29) is 29.9 Å². The summed E-state index contributed by atoms with van der Waals surface area (Å²) in [6.45, 7) is 4.40. The number of ether oxygens (including phenoxy) is 1. The van der Waals surface area contributed by atoms with Gasteiger partial charge in [0.15, 0.2) is 5.65 Å². The smallest absolute Gasteiger partial charge is 0.307 e. The number of H-pyrrole nitrogens is 1. The number of likely N-dealkylation sites (tertiary alicyclic amines) is 1. The van der Waals surface area contributed by atoms with Crippen molar-refractivity contribution in [1.82, 2.24) is 19.5 Å². The highest BCUT2D eigenvalue weighted by Gasteiger charge is 2.31. The Labute approximate surface area is 144 Å². The molecule has 1 aliphatic rings. The zero-order valence-corrected chi connectivity index (χ0v) is 14.4. The van der Waals surface area contributed by atoms with Crippen LogP contribution in [0.4, 0.5) is 0 Å². The summed E-state index contributed by atoms with van der Waals surface area (Å²) in [5.74, 6) is -0.703. The summed E-state index contributed by atoms with van der Waals surface area (Å²) < 4.78 is 6.27. The molecule has 1 saturated heterocycles. The van der Waals surface area contributed by atoms with E-state index in [0.717, 1.165) is 25.0 Å². The lowest BCUT2D eigenvalue weighted by atomic mass is 9.98. The molecule has 3 heterocycles. The van der Waals surface area contributed by atoms with E-state index in [9.17, 15) is 14.4 Å². The van der Waals surface area contributed by atoms with Crippen LogP contribution in [0.15, 0.2) is 17.1 Å². The molecule has 25 heavy (non-hydrogen) atoms. The Bertz CT molecular complexity index is 854. The van der Waals surface area contributed by atoms with Gasteiger partial charge in [0.25, 0.3) is 11.5 Å². The summed E-state index contributed by atoms with van der Waals surface area (Å²) in [6.07, 6.45) is 3.99. The Hall–Kier alpha value is -2.64. The van der Waals surface area contributed by atoms with Gasteiger partial charge in [0, 0.05) is 30.5 Å². The molecular weight excluding hydrogens is 324 g/mol. The fraction of sp³-hybridized carbons (Fsp3) is 0.529. The summed E-state index contributed by atoms with van der Waals surface area (Å²) in [4.78, 5) is 43.2.